The van der Waals surface area contributed by atoms with E-state index in [-0.39, 0.29) is 11.8 Å². The minimum absolute atomic E-state index is 0.180. The molecule has 0 bridgehead atoms. The second-order valence-corrected chi connectivity index (χ2v) is 7.85. The zero-order chi connectivity index (χ0) is 20.1. The number of amides is 1. The number of carbonyl (C=O) groups is 1. The van der Waals surface area contributed by atoms with Gasteiger partial charge < -0.3 is 4.90 Å². The van der Waals surface area contributed by atoms with E-state index in [1.165, 1.54) is 0 Å². The summed E-state index contributed by atoms with van der Waals surface area (Å²) < 4.78 is 0. The number of nitrogens with zero attached hydrogens (tertiary/aromatic N) is 2. The zero-order valence-electron chi connectivity index (χ0n) is 16.4. The first-order chi connectivity index (χ1) is 14.2. The Balaban J connectivity index is 1.46. The van der Waals surface area contributed by atoms with Crippen molar-refractivity contribution in [3.8, 4) is 0 Å². The van der Waals surface area contributed by atoms with Crippen LogP contribution in [0.2, 0.25) is 5.02 Å². The summed E-state index contributed by atoms with van der Waals surface area (Å²) in [5.74, 6) is -0.0766. The van der Waals surface area contributed by atoms with Gasteiger partial charge in [0, 0.05) is 37.7 Å². The third-order valence-corrected chi connectivity index (χ3v) is 5.92. The molecule has 1 saturated heterocycles. The molecule has 0 aliphatic carbocycles. The molecule has 1 fully saturated rings. The highest BCUT2D eigenvalue weighted by atomic mass is 35.5. The highest BCUT2D eigenvalue weighted by Gasteiger charge is 2.29. The Bertz CT molecular complexity index is 898. The fourth-order valence-corrected chi connectivity index (χ4v) is 4.14. The molecule has 1 amide bonds. The van der Waals surface area contributed by atoms with Crippen LogP contribution in [0, 0.1) is 0 Å². The van der Waals surface area contributed by atoms with Crippen molar-refractivity contribution in [2.45, 2.75) is 12.5 Å². The fraction of sp³-hybridized carbons (Fsp3) is 0.240. The fourth-order valence-electron chi connectivity index (χ4n) is 3.95. The molecule has 3 aromatic rings. The van der Waals surface area contributed by atoms with Crippen molar-refractivity contribution in [2.24, 2.45) is 0 Å². The van der Waals surface area contributed by atoms with Crippen molar-refractivity contribution in [2.75, 3.05) is 26.2 Å². The summed E-state index contributed by atoms with van der Waals surface area (Å²) in [6.45, 7) is 4.00. The van der Waals surface area contributed by atoms with Gasteiger partial charge in [-0.25, -0.2) is 0 Å². The molecule has 0 spiro atoms. The van der Waals surface area contributed by atoms with E-state index in [0.29, 0.717) is 0 Å². The highest BCUT2D eigenvalue weighted by molar-refractivity contribution is 6.31. The third kappa shape index (κ3) is 4.69. The summed E-state index contributed by atoms with van der Waals surface area (Å²) in [5, 5.41) is 0.805. The van der Waals surface area contributed by atoms with Gasteiger partial charge in [-0.15, -0.1) is 0 Å². The summed E-state index contributed by atoms with van der Waals surface area (Å²) in [6, 6.07) is 28.1. The summed E-state index contributed by atoms with van der Waals surface area (Å²) in [5.41, 5.74) is 3.23. The van der Waals surface area contributed by atoms with E-state index in [4.69, 9.17) is 11.6 Å². The van der Waals surface area contributed by atoms with Crippen LogP contribution in [-0.4, -0.2) is 41.9 Å². The molecule has 0 N–H and O–H groups in total. The Morgan fingerprint density at radius 2 is 1.28 bits per heavy atom. The van der Waals surface area contributed by atoms with Crippen molar-refractivity contribution < 1.29 is 4.79 Å². The van der Waals surface area contributed by atoms with Gasteiger partial charge in [-0.1, -0.05) is 90.5 Å². The van der Waals surface area contributed by atoms with Crippen molar-refractivity contribution in [3.05, 3.63) is 107 Å². The summed E-state index contributed by atoms with van der Waals surface area (Å²) >= 11 is 6.31. The topological polar surface area (TPSA) is 23.6 Å². The summed E-state index contributed by atoms with van der Waals surface area (Å²) in [4.78, 5) is 17.9. The minimum Gasteiger partial charge on any atom is -0.339 e. The number of piperazine rings is 1. The predicted octanol–water partition coefficient (Wildman–Crippen LogP) is 4.82. The normalized spacial score (nSPS) is 14.9. The van der Waals surface area contributed by atoms with Crippen LogP contribution in [0.25, 0.3) is 0 Å². The van der Waals surface area contributed by atoms with Crippen LogP contribution in [0.3, 0.4) is 0 Å². The second-order valence-electron chi connectivity index (χ2n) is 7.45. The zero-order valence-corrected chi connectivity index (χ0v) is 17.1. The number of benzene rings is 3. The Kier molecular flexibility index (Phi) is 6.28. The summed E-state index contributed by atoms with van der Waals surface area (Å²) in [6.07, 6.45) is 0. The molecule has 0 atom stereocenters. The standard InChI is InChI=1S/C25H25ClN2O/c26-23-14-8-7-13-22(23)19-27-15-17-28(18-16-27)25(29)24(20-9-3-1-4-10-20)21-11-5-2-6-12-21/h1-14,24H,15-19H2. The molecular weight excluding hydrogens is 380 g/mol. The van der Waals surface area contributed by atoms with Gasteiger partial charge in [0.15, 0.2) is 0 Å². The van der Waals surface area contributed by atoms with Crippen molar-refractivity contribution in [3.63, 3.8) is 0 Å². The van der Waals surface area contributed by atoms with E-state index in [9.17, 15) is 4.79 Å². The maximum Gasteiger partial charge on any atom is 0.234 e. The highest BCUT2D eigenvalue weighted by Crippen LogP contribution is 2.27. The van der Waals surface area contributed by atoms with Crippen LogP contribution in [0.5, 0.6) is 0 Å². The largest absolute Gasteiger partial charge is 0.339 e. The maximum atomic E-state index is 13.5. The van der Waals surface area contributed by atoms with Gasteiger partial charge in [0.05, 0.1) is 5.92 Å². The number of carbonyl (C=O) groups excluding carboxylic acids is 1. The summed E-state index contributed by atoms with van der Waals surface area (Å²) in [7, 11) is 0. The Labute approximate surface area is 177 Å². The lowest BCUT2D eigenvalue weighted by molar-refractivity contribution is -0.133. The van der Waals surface area contributed by atoms with Crippen molar-refractivity contribution in [1.29, 1.82) is 0 Å². The molecule has 3 aromatic carbocycles. The van der Waals surface area contributed by atoms with Crippen LogP contribution < -0.4 is 0 Å². The van der Waals surface area contributed by atoms with E-state index in [1.807, 2.05) is 83.8 Å². The number of rotatable bonds is 5. The Hall–Kier alpha value is -2.62. The molecule has 4 rings (SSSR count). The average Bonchev–Trinajstić information content (AvgIpc) is 2.77. The van der Waals surface area contributed by atoms with Gasteiger partial charge in [0.1, 0.15) is 0 Å². The number of halogens is 1. The van der Waals surface area contributed by atoms with Crippen LogP contribution in [0.15, 0.2) is 84.9 Å². The quantitative estimate of drug-likeness (QED) is 0.608. The van der Waals surface area contributed by atoms with E-state index in [2.05, 4.69) is 11.0 Å². The van der Waals surface area contributed by atoms with Gasteiger partial charge in [-0.05, 0) is 22.8 Å². The van der Waals surface area contributed by atoms with Gasteiger partial charge in [0.25, 0.3) is 0 Å². The van der Waals surface area contributed by atoms with Crippen LogP contribution in [-0.2, 0) is 11.3 Å². The van der Waals surface area contributed by atoms with Crippen molar-refractivity contribution >= 4 is 17.5 Å². The predicted molar refractivity (Wildman–Crippen MR) is 118 cm³/mol. The molecule has 1 heterocycles. The lowest BCUT2D eigenvalue weighted by atomic mass is 9.90. The third-order valence-electron chi connectivity index (χ3n) is 5.55. The lowest BCUT2D eigenvalue weighted by Crippen LogP contribution is -2.49. The Morgan fingerprint density at radius 1 is 0.759 bits per heavy atom. The minimum atomic E-state index is -0.257. The second kappa shape index (κ2) is 9.25. The molecule has 0 unspecified atom stereocenters. The first-order valence-corrected chi connectivity index (χ1v) is 10.4. The monoisotopic (exact) mass is 404 g/mol. The van der Waals surface area contributed by atoms with E-state index >= 15 is 0 Å². The lowest BCUT2D eigenvalue weighted by Gasteiger charge is -2.36. The molecule has 3 nitrogen and oxygen atoms in total. The molecule has 1 aliphatic heterocycles. The number of hydrogen-bond donors (Lipinski definition) is 0. The van der Waals surface area contributed by atoms with E-state index < -0.39 is 0 Å². The molecule has 0 radical (unpaired) electrons. The van der Waals surface area contributed by atoms with Crippen LogP contribution >= 0.6 is 11.6 Å². The molecule has 148 valence electrons. The van der Waals surface area contributed by atoms with Crippen molar-refractivity contribution in [1.82, 2.24) is 9.80 Å². The smallest absolute Gasteiger partial charge is 0.234 e. The van der Waals surface area contributed by atoms with Gasteiger partial charge in [-0.3, -0.25) is 9.69 Å². The first kappa shape index (κ1) is 19.7. The Morgan fingerprint density at radius 3 is 1.83 bits per heavy atom. The first-order valence-electron chi connectivity index (χ1n) is 10.1. The van der Waals surface area contributed by atoms with E-state index in [1.54, 1.807) is 0 Å². The molecule has 0 saturated carbocycles. The number of hydrogen-bond acceptors (Lipinski definition) is 2. The van der Waals surface area contributed by atoms with Gasteiger partial charge >= 0.3 is 0 Å². The maximum absolute atomic E-state index is 13.5. The molecule has 29 heavy (non-hydrogen) atoms. The molecule has 0 aromatic heterocycles. The van der Waals surface area contributed by atoms with Crippen LogP contribution in [0.1, 0.15) is 22.6 Å². The molecule has 4 heteroatoms. The van der Waals surface area contributed by atoms with Gasteiger partial charge in [0.2, 0.25) is 5.91 Å². The molecular formula is C25H25ClN2O. The van der Waals surface area contributed by atoms with E-state index in [0.717, 1.165) is 54.4 Å². The van der Waals surface area contributed by atoms with Gasteiger partial charge in [-0.2, -0.15) is 0 Å². The SMILES string of the molecule is O=C(C(c1ccccc1)c1ccccc1)N1CCN(Cc2ccccc2Cl)CC1. The molecule has 1 aliphatic rings. The average molecular weight is 405 g/mol. The van der Waals surface area contributed by atoms with Crippen LogP contribution in [0.4, 0.5) is 0 Å².